The Kier molecular flexibility index (Phi) is 9.21. The van der Waals surface area contributed by atoms with E-state index in [9.17, 15) is 13.6 Å². The highest BCUT2D eigenvalue weighted by Gasteiger charge is 2.06. The van der Waals surface area contributed by atoms with Crippen molar-refractivity contribution in [3.05, 3.63) is 59.7 Å². The van der Waals surface area contributed by atoms with E-state index in [2.05, 4.69) is 10.1 Å². The van der Waals surface area contributed by atoms with E-state index in [4.69, 9.17) is 9.47 Å². The van der Waals surface area contributed by atoms with Crippen LogP contribution in [0.5, 0.6) is 11.5 Å². The summed E-state index contributed by atoms with van der Waals surface area (Å²) in [4.78, 5) is 12.1. The molecule has 0 saturated heterocycles. The van der Waals surface area contributed by atoms with Crippen molar-refractivity contribution in [3.8, 4) is 11.5 Å². The molecule has 2 rings (SSSR count). The Bertz CT molecular complexity index is 723. The lowest BCUT2D eigenvalue weighted by Gasteiger charge is -2.09. The summed E-state index contributed by atoms with van der Waals surface area (Å²) in [7, 11) is 1.65. The van der Waals surface area contributed by atoms with E-state index in [0.29, 0.717) is 32.6 Å². The van der Waals surface area contributed by atoms with Crippen molar-refractivity contribution in [3.63, 3.8) is 0 Å². The number of amides is 1. The third-order valence-corrected chi connectivity index (χ3v) is 3.94. The van der Waals surface area contributed by atoms with E-state index < -0.39 is 6.61 Å². The molecule has 28 heavy (non-hydrogen) atoms. The van der Waals surface area contributed by atoms with Crippen molar-refractivity contribution in [2.24, 2.45) is 0 Å². The van der Waals surface area contributed by atoms with Crippen LogP contribution in [0.15, 0.2) is 48.5 Å². The van der Waals surface area contributed by atoms with Crippen molar-refractivity contribution in [2.75, 3.05) is 20.3 Å². The van der Waals surface area contributed by atoms with Crippen molar-refractivity contribution in [2.45, 2.75) is 32.4 Å². The van der Waals surface area contributed by atoms with Crippen LogP contribution >= 0.6 is 0 Å². The molecule has 0 bridgehead atoms. The third-order valence-electron chi connectivity index (χ3n) is 3.94. The van der Waals surface area contributed by atoms with Crippen LogP contribution in [0.1, 0.15) is 24.0 Å². The molecule has 152 valence electrons. The van der Waals surface area contributed by atoms with Gasteiger partial charge in [0.1, 0.15) is 11.5 Å². The predicted molar refractivity (Wildman–Crippen MR) is 102 cm³/mol. The number of hydrogen-bond acceptors (Lipinski definition) is 4. The molecule has 0 unspecified atom stereocenters. The number of halogens is 2. The molecule has 2 aromatic rings. The largest absolute Gasteiger partial charge is 0.493 e. The van der Waals surface area contributed by atoms with Gasteiger partial charge < -0.3 is 19.5 Å². The maximum absolute atomic E-state index is 12.1. The molecular weight excluding hydrogens is 368 g/mol. The fraction of sp³-hybridized carbons (Fsp3) is 0.381. The molecule has 5 nitrogen and oxygen atoms in total. The summed E-state index contributed by atoms with van der Waals surface area (Å²) < 4.78 is 39.2. The van der Waals surface area contributed by atoms with Gasteiger partial charge in [-0.3, -0.25) is 4.79 Å². The maximum atomic E-state index is 12.1. The summed E-state index contributed by atoms with van der Waals surface area (Å²) in [5, 5.41) is 2.87. The molecule has 0 heterocycles. The lowest BCUT2D eigenvalue weighted by Crippen LogP contribution is -2.23. The minimum atomic E-state index is -2.84. The van der Waals surface area contributed by atoms with E-state index in [-0.39, 0.29) is 11.7 Å². The first-order valence-electron chi connectivity index (χ1n) is 9.08. The van der Waals surface area contributed by atoms with E-state index in [1.807, 2.05) is 24.3 Å². The van der Waals surface area contributed by atoms with E-state index >= 15 is 0 Å². The number of carbonyl (C=O) groups is 1. The van der Waals surface area contributed by atoms with Crippen LogP contribution in [0, 0.1) is 0 Å². The molecule has 0 atom stereocenters. The smallest absolute Gasteiger partial charge is 0.387 e. The standard InChI is InChI=1S/C21H25F2NO4/c1-26-12-3-13-27-19-5-2-4-17(14-19)15-24-20(25)11-8-16-6-9-18(10-7-16)28-21(22)23/h2,4-7,9-10,14,21H,3,8,11-13,15H2,1H3,(H,24,25). The highest BCUT2D eigenvalue weighted by atomic mass is 19.3. The predicted octanol–water partition coefficient (Wildman–Crippen LogP) is 3.95. The van der Waals surface area contributed by atoms with Gasteiger partial charge in [0.2, 0.25) is 5.91 Å². The molecule has 0 saturated carbocycles. The molecule has 2 aromatic carbocycles. The summed E-state index contributed by atoms with van der Waals surface area (Å²) in [6, 6.07) is 13.9. The fourth-order valence-corrected chi connectivity index (χ4v) is 2.52. The minimum Gasteiger partial charge on any atom is -0.493 e. The zero-order chi connectivity index (χ0) is 20.2. The van der Waals surface area contributed by atoms with Crippen LogP contribution in [0.2, 0.25) is 0 Å². The van der Waals surface area contributed by atoms with Crippen LogP contribution in [-0.2, 0) is 22.5 Å². The Morgan fingerprint density at radius 3 is 2.54 bits per heavy atom. The highest BCUT2D eigenvalue weighted by Crippen LogP contribution is 2.16. The van der Waals surface area contributed by atoms with Gasteiger partial charge >= 0.3 is 6.61 Å². The normalized spacial score (nSPS) is 10.7. The number of alkyl halides is 2. The van der Waals surface area contributed by atoms with Gasteiger partial charge in [-0.2, -0.15) is 8.78 Å². The van der Waals surface area contributed by atoms with Gasteiger partial charge in [0.15, 0.2) is 0 Å². The topological polar surface area (TPSA) is 56.8 Å². The molecule has 0 radical (unpaired) electrons. The van der Waals surface area contributed by atoms with E-state index in [1.165, 1.54) is 12.1 Å². The monoisotopic (exact) mass is 393 g/mol. The van der Waals surface area contributed by atoms with Crippen LogP contribution in [-0.4, -0.2) is 32.8 Å². The van der Waals surface area contributed by atoms with Gasteiger partial charge in [0, 0.05) is 33.1 Å². The molecule has 1 N–H and O–H groups in total. The number of carbonyl (C=O) groups excluding carboxylic acids is 1. The van der Waals surface area contributed by atoms with Gasteiger partial charge in [-0.05, 0) is 41.8 Å². The second-order valence-corrected chi connectivity index (χ2v) is 6.14. The molecule has 0 spiro atoms. The minimum absolute atomic E-state index is 0.0840. The zero-order valence-corrected chi connectivity index (χ0v) is 15.8. The van der Waals surface area contributed by atoms with Crippen molar-refractivity contribution in [1.82, 2.24) is 5.32 Å². The number of benzene rings is 2. The fourth-order valence-electron chi connectivity index (χ4n) is 2.52. The van der Waals surface area contributed by atoms with E-state index in [1.54, 1.807) is 19.2 Å². The lowest BCUT2D eigenvalue weighted by atomic mass is 10.1. The first-order valence-corrected chi connectivity index (χ1v) is 9.08. The number of rotatable bonds is 12. The molecule has 0 fully saturated rings. The van der Waals surface area contributed by atoms with Gasteiger partial charge in [-0.1, -0.05) is 24.3 Å². The van der Waals surface area contributed by atoms with Crippen molar-refractivity contribution in [1.29, 1.82) is 0 Å². The molecule has 0 aliphatic rings. The summed E-state index contributed by atoms with van der Waals surface area (Å²) in [6.45, 7) is -1.21. The van der Waals surface area contributed by atoms with Crippen molar-refractivity contribution >= 4 is 5.91 Å². The molecule has 0 aliphatic heterocycles. The van der Waals surface area contributed by atoms with Crippen LogP contribution in [0.25, 0.3) is 0 Å². The average Bonchev–Trinajstić information content (AvgIpc) is 2.69. The molecule has 7 heteroatoms. The second-order valence-electron chi connectivity index (χ2n) is 6.14. The summed E-state index contributed by atoms with van der Waals surface area (Å²) in [6.07, 6.45) is 1.64. The van der Waals surface area contributed by atoms with Gasteiger partial charge in [-0.15, -0.1) is 0 Å². The average molecular weight is 393 g/mol. The Balaban J connectivity index is 1.72. The van der Waals surface area contributed by atoms with Crippen LogP contribution < -0.4 is 14.8 Å². The molecule has 0 aromatic heterocycles. The Morgan fingerprint density at radius 2 is 1.82 bits per heavy atom. The summed E-state index contributed by atoms with van der Waals surface area (Å²) >= 11 is 0. The first-order chi connectivity index (χ1) is 13.6. The van der Waals surface area contributed by atoms with Crippen LogP contribution in [0.3, 0.4) is 0 Å². The quantitative estimate of drug-likeness (QED) is 0.555. The highest BCUT2D eigenvalue weighted by molar-refractivity contribution is 5.76. The van der Waals surface area contributed by atoms with Gasteiger partial charge in [0.25, 0.3) is 0 Å². The number of methoxy groups -OCH3 is 1. The Labute approximate surface area is 163 Å². The second kappa shape index (κ2) is 11.9. The van der Waals surface area contributed by atoms with E-state index in [0.717, 1.165) is 23.3 Å². The molecule has 1 amide bonds. The van der Waals surface area contributed by atoms with Crippen molar-refractivity contribution < 1.29 is 27.8 Å². The zero-order valence-electron chi connectivity index (χ0n) is 15.8. The van der Waals surface area contributed by atoms with Gasteiger partial charge in [-0.25, -0.2) is 0 Å². The first kappa shape index (κ1) is 21.6. The number of ether oxygens (including phenoxy) is 3. The summed E-state index contributed by atoms with van der Waals surface area (Å²) in [5.74, 6) is 0.779. The maximum Gasteiger partial charge on any atom is 0.387 e. The number of hydrogen-bond donors (Lipinski definition) is 1. The Morgan fingerprint density at radius 1 is 1.04 bits per heavy atom. The van der Waals surface area contributed by atoms with Gasteiger partial charge in [0.05, 0.1) is 6.61 Å². The Hall–Kier alpha value is -2.67. The van der Waals surface area contributed by atoms with Crippen LogP contribution in [0.4, 0.5) is 8.78 Å². The molecule has 0 aliphatic carbocycles. The molecular formula is C21H25F2NO4. The summed E-state index contributed by atoms with van der Waals surface area (Å²) in [5.41, 5.74) is 1.83. The number of aryl methyl sites for hydroxylation is 1. The lowest BCUT2D eigenvalue weighted by molar-refractivity contribution is -0.121. The SMILES string of the molecule is COCCCOc1cccc(CNC(=O)CCc2ccc(OC(F)F)cc2)c1. The number of nitrogens with one attached hydrogen (secondary N) is 1. The third kappa shape index (κ3) is 8.35.